The highest BCUT2D eigenvalue weighted by Crippen LogP contribution is 2.22. The molecule has 1 aliphatic rings. The van der Waals surface area contributed by atoms with Gasteiger partial charge in [0, 0.05) is 44.2 Å². The van der Waals surface area contributed by atoms with Gasteiger partial charge < -0.3 is 15.2 Å². The van der Waals surface area contributed by atoms with Crippen LogP contribution in [0.1, 0.15) is 69.4 Å². The monoisotopic (exact) mass is 557 g/mol. The molecule has 1 saturated heterocycles. The fourth-order valence-electron chi connectivity index (χ4n) is 4.06. The van der Waals surface area contributed by atoms with Gasteiger partial charge in [0.2, 0.25) is 0 Å². The van der Waals surface area contributed by atoms with E-state index in [-0.39, 0.29) is 29.8 Å². The van der Waals surface area contributed by atoms with Crippen LogP contribution >= 0.6 is 24.0 Å². The summed E-state index contributed by atoms with van der Waals surface area (Å²) in [6, 6.07) is 9.23. The van der Waals surface area contributed by atoms with Crippen molar-refractivity contribution in [1.82, 2.24) is 20.7 Å². The van der Waals surface area contributed by atoms with Gasteiger partial charge in [-0.05, 0) is 50.3 Å². The number of halogens is 2. The van der Waals surface area contributed by atoms with Gasteiger partial charge in [-0.1, -0.05) is 31.1 Å². The van der Waals surface area contributed by atoms with Crippen LogP contribution in [0.25, 0.3) is 0 Å². The van der Waals surface area contributed by atoms with Crippen LogP contribution in [0.15, 0.2) is 39.8 Å². The third-order valence-electron chi connectivity index (χ3n) is 5.97. The molecule has 8 heteroatoms. The molecule has 2 aromatic rings. The van der Waals surface area contributed by atoms with Crippen molar-refractivity contribution in [2.75, 3.05) is 19.6 Å². The third-order valence-corrected chi connectivity index (χ3v) is 5.97. The molecule has 2 N–H and O–H groups in total. The smallest absolute Gasteiger partial charge is 0.191 e. The molecule has 2 heterocycles. The molecule has 1 fully saturated rings. The lowest BCUT2D eigenvalue weighted by Gasteiger charge is -2.33. The molecule has 0 radical (unpaired) electrons. The molecule has 1 aliphatic heterocycles. The summed E-state index contributed by atoms with van der Waals surface area (Å²) in [4.78, 5) is 7.13. The zero-order valence-corrected chi connectivity index (χ0v) is 21.8. The summed E-state index contributed by atoms with van der Waals surface area (Å²) in [7, 11) is 0. The van der Waals surface area contributed by atoms with Crippen molar-refractivity contribution >= 4 is 29.9 Å². The standard InChI is InChI=1S/C24H36FN5O.HI/c1-4-19(5-2)23-15-22(31-29-23)16-27-24(26-6-3)28-21-11-13-30(14-12-21)17-18-7-9-20(25)10-8-18;/h7-10,15,19,21H,4-6,11-14,16-17H2,1-3H3,(H2,26,27,28);1H. The first kappa shape index (κ1) is 26.6. The third kappa shape index (κ3) is 8.03. The summed E-state index contributed by atoms with van der Waals surface area (Å²) in [5.74, 6) is 1.89. The van der Waals surface area contributed by atoms with Gasteiger partial charge in [0.05, 0.1) is 5.69 Å². The normalized spacial score (nSPS) is 15.6. The second kappa shape index (κ2) is 13.8. The van der Waals surface area contributed by atoms with E-state index in [0.29, 0.717) is 18.5 Å². The lowest BCUT2D eigenvalue weighted by Crippen LogP contribution is -2.48. The minimum Gasteiger partial charge on any atom is -0.359 e. The Morgan fingerprint density at radius 2 is 1.88 bits per heavy atom. The van der Waals surface area contributed by atoms with Crippen molar-refractivity contribution in [2.24, 2.45) is 4.99 Å². The highest BCUT2D eigenvalue weighted by molar-refractivity contribution is 14.0. The van der Waals surface area contributed by atoms with Gasteiger partial charge in [-0.25, -0.2) is 9.38 Å². The molecule has 178 valence electrons. The van der Waals surface area contributed by atoms with E-state index in [4.69, 9.17) is 9.52 Å². The molecule has 0 saturated carbocycles. The summed E-state index contributed by atoms with van der Waals surface area (Å²) in [5, 5.41) is 11.1. The van der Waals surface area contributed by atoms with Crippen molar-refractivity contribution < 1.29 is 8.91 Å². The largest absolute Gasteiger partial charge is 0.359 e. The molecule has 0 atom stereocenters. The molecular weight excluding hydrogens is 520 g/mol. The molecule has 1 aromatic carbocycles. The molecule has 3 rings (SSSR count). The molecule has 0 unspecified atom stereocenters. The van der Waals surface area contributed by atoms with Crippen molar-refractivity contribution in [1.29, 1.82) is 0 Å². The van der Waals surface area contributed by atoms with Gasteiger partial charge in [0.25, 0.3) is 0 Å². The summed E-state index contributed by atoms with van der Waals surface area (Å²) < 4.78 is 18.6. The van der Waals surface area contributed by atoms with Crippen LogP contribution in [0.3, 0.4) is 0 Å². The summed E-state index contributed by atoms with van der Waals surface area (Å²) >= 11 is 0. The average molecular weight is 557 g/mol. The van der Waals surface area contributed by atoms with E-state index >= 15 is 0 Å². The number of aliphatic imine (C=N–C) groups is 1. The maximum Gasteiger partial charge on any atom is 0.191 e. The van der Waals surface area contributed by atoms with Crippen LogP contribution in [-0.4, -0.2) is 41.7 Å². The maximum absolute atomic E-state index is 13.1. The van der Waals surface area contributed by atoms with E-state index < -0.39 is 0 Å². The number of guanidine groups is 1. The Labute approximate surface area is 208 Å². The molecule has 0 amide bonds. The van der Waals surface area contributed by atoms with E-state index in [1.54, 1.807) is 0 Å². The second-order valence-corrected chi connectivity index (χ2v) is 8.25. The number of hydrogen-bond donors (Lipinski definition) is 2. The molecule has 0 aliphatic carbocycles. The Hall–Kier alpha value is -1.68. The van der Waals surface area contributed by atoms with Crippen molar-refractivity contribution in [3.8, 4) is 0 Å². The first-order valence-electron chi connectivity index (χ1n) is 11.6. The highest BCUT2D eigenvalue weighted by atomic mass is 127. The predicted octanol–water partition coefficient (Wildman–Crippen LogP) is 5.06. The quantitative estimate of drug-likeness (QED) is 0.257. The first-order valence-corrected chi connectivity index (χ1v) is 11.6. The lowest BCUT2D eigenvalue weighted by atomic mass is 9.99. The Bertz CT molecular complexity index is 814. The summed E-state index contributed by atoms with van der Waals surface area (Å²) in [6.07, 6.45) is 4.23. The van der Waals surface area contributed by atoms with Crippen LogP contribution in [0.4, 0.5) is 4.39 Å². The second-order valence-electron chi connectivity index (χ2n) is 8.25. The zero-order valence-electron chi connectivity index (χ0n) is 19.4. The van der Waals surface area contributed by atoms with Crippen molar-refractivity contribution in [3.63, 3.8) is 0 Å². The highest BCUT2D eigenvalue weighted by Gasteiger charge is 2.20. The molecular formula is C24H37FIN5O. The Kier molecular flexibility index (Phi) is 11.4. The predicted molar refractivity (Wildman–Crippen MR) is 138 cm³/mol. The van der Waals surface area contributed by atoms with Gasteiger partial charge in [-0.3, -0.25) is 4.90 Å². The molecule has 6 nitrogen and oxygen atoms in total. The number of rotatable bonds is 9. The van der Waals surface area contributed by atoms with Crippen LogP contribution in [0, 0.1) is 5.82 Å². The van der Waals surface area contributed by atoms with E-state index in [2.05, 4.69) is 41.5 Å². The lowest BCUT2D eigenvalue weighted by molar-refractivity contribution is 0.198. The van der Waals surface area contributed by atoms with Crippen LogP contribution in [0.5, 0.6) is 0 Å². The number of aromatic nitrogens is 1. The molecule has 0 bridgehead atoms. The van der Waals surface area contributed by atoms with E-state index in [9.17, 15) is 4.39 Å². The molecule has 32 heavy (non-hydrogen) atoms. The van der Waals surface area contributed by atoms with Crippen molar-refractivity contribution in [2.45, 2.75) is 71.5 Å². The van der Waals surface area contributed by atoms with Gasteiger partial charge in [-0.2, -0.15) is 0 Å². The van der Waals surface area contributed by atoms with Crippen molar-refractivity contribution in [3.05, 3.63) is 53.2 Å². The number of hydrogen-bond acceptors (Lipinski definition) is 4. The summed E-state index contributed by atoms with van der Waals surface area (Å²) in [5.41, 5.74) is 2.18. The van der Waals surface area contributed by atoms with Gasteiger partial charge in [-0.15, -0.1) is 24.0 Å². The number of nitrogens with one attached hydrogen (secondary N) is 2. The Morgan fingerprint density at radius 1 is 1.19 bits per heavy atom. The minimum absolute atomic E-state index is 0. The van der Waals surface area contributed by atoms with Gasteiger partial charge in [0.15, 0.2) is 11.7 Å². The molecule has 1 aromatic heterocycles. The fourth-order valence-corrected chi connectivity index (χ4v) is 4.06. The Balaban J connectivity index is 0.00000363. The average Bonchev–Trinajstić information content (AvgIpc) is 3.25. The van der Waals surface area contributed by atoms with E-state index in [0.717, 1.165) is 74.8 Å². The fraction of sp³-hybridized carbons (Fsp3) is 0.583. The Morgan fingerprint density at radius 3 is 2.50 bits per heavy atom. The summed E-state index contributed by atoms with van der Waals surface area (Å²) in [6.45, 7) is 10.6. The van der Waals surface area contributed by atoms with Crippen LogP contribution in [-0.2, 0) is 13.1 Å². The van der Waals surface area contributed by atoms with Gasteiger partial charge >= 0.3 is 0 Å². The topological polar surface area (TPSA) is 65.7 Å². The number of nitrogens with zero attached hydrogens (tertiary/aromatic N) is 3. The zero-order chi connectivity index (χ0) is 22.1. The van der Waals surface area contributed by atoms with E-state index in [1.807, 2.05) is 18.2 Å². The minimum atomic E-state index is -0.181. The van der Waals surface area contributed by atoms with Crippen LogP contribution in [0.2, 0.25) is 0 Å². The van der Waals surface area contributed by atoms with E-state index in [1.165, 1.54) is 12.1 Å². The maximum atomic E-state index is 13.1. The number of piperidine rings is 1. The number of likely N-dealkylation sites (tertiary alicyclic amines) is 1. The van der Waals surface area contributed by atoms with Crippen LogP contribution < -0.4 is 10.6 Å². The molecule has 0 spiro atoms. The SMILES string of the molecule is CCNC(=NCc1cc(C(CC)CC)no1)NC1CCN(Cc2ccc(F)cc2)CC1.I. The van der Waals surface area contributed by atoms with Gasteiger partial charge in [0.1, 0.15) is 12.4 Å². The number of benzene rings is 1. The first-order chi connectivity index (χ1) is 15.1.